The van der Waals surface area contributed by atoms with Crippen LogP contribution in [0.4, 0.5) is 0 Å². The molecule has 1 saturated heterocycles. The van der Waals surface area contributed by atoms with E-state index in [1.54, 1.807) is 0 Å². The molecule has 1 aromatic heterocycles. The molecular weight excluding hydrogens is 176 g/mol. The molecule has 1 unspecified atom stereocenters. The summed E-state index contributed by atoms with van der Waals surface area (Å²) in [4.78, 5) is 4.23. The van der Waals surface area contributed by atoms with E-state index in [1.165, 1.54) is 19.4 Å². The van der Waals surface area contributed by atoms with Crippen LogP contribution in [0, 0.1) is 5.92 Å². The predicted molar refractivity (Wildman–Crippen MR) is 55.0 cm³/mol. The van der Waals surface area contributed by atoms with Crippen LogP contribution in [0.5, 0.6) is 0 Å². The molecule has 0 amide bonds. The Morgan fingerprint density at radius 1 is 1.64 bits per heavy atom. The van der Waals surface area contributed by atoms with Crippen molar-refractivity contribution in [2.24, 2.45) is 5.92 Å². The molecule has 14 heavy (non-hydrogen) atoms. The molecule has 4 heteroatoms. The number of nitrogens with one attached hydrogen (secondary N) is 1. The van der Waals surface area contributed by atoms with Crippen LogP contribution in [0.25, 0.3) is 0 Å². The van der Waals surface area contributed by atoms with Gasteiger partial charge in [0.25, 0.3) is 0 Å². The lowest BCUT2D eigenvalue weighted by atomic mass is 10.00. The van der Waals surface area contributed by atoms with Gasteiger partial charge in [-0.25, -0.2) is 4.98 Å². The molecular formula is C10H18N4. The van der Waals surface area contributed by atoms with Gasteiger partial charge in [0, 0.05) is 13.0 Å². The first-order chi connectivity index (χ1) is 6.88. The first kappa shape index (κ1) is 9.65. The molecule has 1 aliphatic heterocycles. The Morgan fingerprint density at radius 2 is 2.57 bits per heavy atom. The minimum Gasteiger partial charge on any atom is -0.316 e. The molecule has 1 N–H and O–H groups in total. The zero-order valence-electron chi connectivity index (χ0n) is 8.74. The predicted octanol–water partition coefficient (Wildman–Crippen LogP) is 0.840. The lowest BCUT2D eigenvalue weighted by Crippen LogP contribution is -2.32. The lowest BCUT2D eigenvalue weighted by Gasteiger charge is -2.22. The molecule has 1 aromatic rings. The van der Waals surface area contributed by atoms with Gasteiger partial charge in [0.05, 0.1) is 0 Å². The first-order valence-electron chi connectivity index (χ1n) is 5.47. The Bertz CT molecular complexity index is 275. The zero-order chi connectivity index (χ0) is 9.80. The summed E-state index contributed by atoms with van der Waals surface area (Å²) in [6.45, 7) is 5.40. The second kappa shape index (κ2) is 4.55. The van der Waals surface area contributed by atoms with Gasteiger partial charge in [0.15, 0.2) is 0 Å². The summed E-state index contributed by atoms with van der Waals surface area (Å²) in [5, 5.41) is 7.81. The van der Waals surface area contributed by atoms with E-state index in [1.807, 2.05) is 11.0 Å². The third kappa shape index (κ3) is 2.32. The molecule has 0 saturated carbocycles. The van der Waals surface area contributed by atoms with Gasteiger partial charge in [-0.15, -0.1) is 0 Å². The fraction of sp³-hybridized carbons (Fsp3) is 0.800. The topological polar surface area (TPSA) is 42.7 Å². The van der Waals surface area contributed by atoms with Crippen molar-refractivity contribution < 1.29 is 0 Å². The molecule has 0 aromatic carbocycles. The lowest BCUT2D eigenvalue weighted by molar-refractivity contribution is 0.324. The largest absolute Gasteiger partial charge is 0.316 e. The van der Waals surface area contributed by atoms with Gasteiger partial charge in [-0.3, -0.25) is 4.68 Å². The molecule has 1 atom stereocenters. The van der Waals surface area contributed by atoms with Gasteiger partial charge < -0.3 is 5.32 Å². The zero-order valence-corrected chi connectivity index (χ0v) is 8.74. The van der Waals surface area contributed by atoms with Gasteiger partial charge in [-0.2, -0.15) is 5.10 Å². The Hall–Kier alpha value is -0.900. The van der Waals surface area contributed by atoms with Crippen molar-refractivity contribution in [2.75, 3.05) is 13.1 Å². The highest BCUT2D eigenvalue weighted by Crippen LogP contribution is 2.11. The molecule has 1 fully saturated rings. The number of hydrogen-bond donors (Lipinski definition) is 1. The van der Waals surface area contributed by atoms with Gasteiger partial charge in [0.1, 0.15) is 12.2 Å². The van der Waals surface area contributed by atoms with Crippen molar-refractivity contribution in [3.05, 3.63) is 12.2 Å². The molecule has 0 spiro atoms. The van der Waals surface area contributed by atoms with Crippen molar-refractivity contribution in [3.8, 4) is 0 Å². The molecule has 2 rings (SSSR count). The van der Waals surface area contributed by atoms with Crippen LogP contribution in [0.1, 0.15) is 25.6 Å². The van der Waals surface area contributed by atoms with Crippen molar-refractivity contribution in [1.29, 1.82) is 0 Å². The third-order valence-electron chi connectivity index (χ3n) is 2.74. The second-order valence-corrected chi connectivity index (χ2v) is 3.95. The van der Waals surface area contributed by atoms with Crippen LogP contribution in [-0.4, -0.2) is 27.9 Å². The molecule has 0 radical (unpaired) electrons. The molecule has 2 heterocycles. The monoisotopic (exact) mass is 194 g/mol. The second-order valence-electron chi connectivity index (χ2n) is 3.95. The van der Waals surface area contributed by atoms with Crippen molar-refractivity contribution in [1.82, 2.24) is 20.1 Å². The third-order valence-corrected chi connectivity index (χ3v) is 2.74. The molecule has 1 aliphatic rings. The minimum absolute atomic E-state index is 0.732. The summed E-state index contributed by atoms with van der Waals surface area (Å²) in [5.41, 5.74) is 0. The number of rotatable bonds is 3. The van der Waals surface area contributed by atoms with Gasteiger partial charge in [-0.1, -0.05) is 6.92 Å². The number of aromatic nitrogens is 3. The van der Waals surface area contributed by atoms with E-state index in [0.717, 1.165) is 31.3 Å². The van der Waals surface area contributed by atoms with Crippen LogP contribution in [0.15, 0.2) is 6.33 Å². The van der Waals surface area contributed by atoms with Gasteiger partial charge in [0.2, 0.25) is 0 Å². The summed E-state index contributed by atoms with van der Waals surface area (Å²) in [5.74, 6) is 1.68. The van der Waals surface area contributed by atoms with Gasteiger partial charge in [-0.05, 0) is 31.8 Å². The molecule has 4 nitrogen and oxygen atoms in total. The number of nitrogens with zero attached hydrogens (tertiary/aromatic N) is 3. The maximum absolute atomic E-state index is 4.40. The van der Waals surface area contributed by atoms with E-state index in [4.69, 9.17) is 0 Å². The summed E-state index contributed by atoms with van der Waals surface area (Å²) in [7, 11) is 0. The fourth-order valence-corrected chi connectivity index (χ4v) is 1.93. The fourth-order valence-electron chi connectivity index (χ4n) is 1.93. The molecule has 78 valence electrons. The van der Waals surface area contributed by atoms with Crippen LogP contribution >= 0.6 is 0 Å². The van der Waals surface area contributed by atoms with E-state index >= 15 is 0 Å². The SMILES string of the molecule is CCc1ncn(CC2CCCNC2)n1. The molecule has 0 bridgehead atoms. The van der Waals surface area contributed by atoms with Crippen LogP contribution in [0.3, 0.4) is 0 Å². The van der Waals surface area contributed by atoms with E-state index in [2.05, 4.69) is 22.3 Å². The van der Waals surface area contributed by atoms with Crippen LogP contribution < -0.4 is 5.32 Å². The van der Waals surface area contributed by atoms with E-state index < -0.39 is 0 Å². The maximum Gasteiger partial charge on any atom is 0.150 e. The highest BCUT2D eigenvalue weighted by molar-refractivity contribution is 4.80. The Morgan fingerprint density at radius 3 is 3.21 bits per heavy atom. The Labute approximate surface area is 84.7 Å². The Balaban J connectivity index is 1.89. The average molecular weight is 194 g/mol. The average Bonchev–Trinajstić information content (AvgIpc) is 2.67. The maximum atomic E-state index is 4.40. The highest BCUT2D eigenvalue weighted by atomic mass is 15.3. The quantitative estimate of drug-likeness (QED) is 0.775. The summed E-state index contributed by atoms with van der Waals surface area (Å²) in [6, 6.07) is 0. The molecule has 0 aliphatic carbocycles. The summed E-state index contributed by atoms with van der Waals surface area (Å²) in [6.07, 6.45) is 5.39. The van der Waals surface area contributed by atoms with Crippen molar-refractivity contribution in [2.45, 2.75) is 32.7 Å². The minimum atomic E-state index is 0.732. The van der Waals surface area contributed by atoms with Crippen LogP contribution in [0.2, 0.25) is 0 Å². The number of aryl methyl sites for hydroxylation is 1. The van der Waals surface area contributed by atoms with Crippen molar-refractivity contribution >= 4 is 0 Å². The standard InChI is InChI=1S/C10H18N4/c1-2-10-12-8-14(13-10)7-9-4-3-5-11-6-9/h8-9,11H,2-7H2,1H3. The van der Waals surface area contributed by atoms with Crippen molar-refractivity contribution in [3.63, 3.8) is 0 Å². The van der Waals surface area contributed by atoms with E-state index in [9.17, 15) is 0 Å². The number of hydrogen-bond acceptors (Lipinski definition) is 3. The summed E-state index contributed by atoms with van der Waals surface area (Å²) >= 11 is 0. The van der Waals surface area contributed by atoms with Crippen LogP contribution in [-0.2, 0) is 13.0 Å². The summed E-state index contributed by atoms with van der Waals surface area (Å²) < 4.78 is 1.98. The Kier molecular flexibility index (Phi) is 3.14. The highest BCUT2D eigenvalue weighted by Gasteiger charge is 2.13. The van der Waals surface area contributed by atoms with Gasteiger partial charge >= 0.3 is 0 Å². The number of piperidine rings is 1. The normalized spacial score (nSPS) is 22.5. The smallest absolute Gasteiger partial charge is 0.150 e. The van der Waals surface area contributed by atoms with E-state index in [-0.39, 0.29) is 0 Å². The first-order valence-corrected chi connectivity index (χ1v) is 5.47. The van der Waals surface area contributed by atoms with E-state index in [0.29, 0.717) is 0 Å².